The molecule has 2 aromatic rings. The minimum absolute atomic E-state index is 0.0436. The van der Waals surface area contributed by atoms with Crippen molar-refractivity contribution in [2.75, 3.05) is 0 Å². The Hall–Kier alpha value is -2.36. The number of hydrogen-bond donors (Lipinski definition) is 1. The van der Waals surface area contributed by atoms with Crippen LogP contribution in [0.3, 0.4) is 0 Å². The number of carbonyl (C=O) groups is 2. The van der Waals surface area contributed by atoms with Crippen LogP contribution in [0.5, 0.6) is 0 Å². The van der Waals surface area contributed by atoms with Crippen molar-refractivity contribution in [2.24, 2.45) is 0 Å². The molecule has 0 aliphatic carbocycles. The lowest BCUT2D eigenvalue weighted by Gasteiger charge is -2.20. The summed E-state index contributed by atoms with van der Waals surface area (Å²) in [6, 6.07) is 10.3. The van der Waals surface area contributed by atoms with Gasteiger partial charge in [-0.3, -0.25) is 0 Å². The molecule has 4 heteroatoms. The van der Waals surface area contributed by atoms with Crippen LogP contribution < -0.4 is 0 Å². The highest BCUT2D eigenvalue weighted by atomic mass is 16.6. The van der Waals surface area contributed by atoms with E-state index in [1.165, 1.54) is 6.07 Å². The quantitative estimate of drug-likeness (QED) is 0.850. The first-order valence-electron chi connectivity index (χ1n) is 6.28. The fourth-order valence-electron chi connectivity index (χ4n) is 2.00. The number of carbonyl (C=O) groups excluding carboxylic acids is 1. The van der Waals surface area contributed by atoms with E-state index in [-0.39, 0.29) is 11.1 Å². The van der Waals surface area contributed by atoms with Gasteiger partial charge in [-0.15, -0.1) is 0 Å². The lowest BCUT2D eigenvalue weighted by Crippen LogP contribution is -2.25. The van der Waals surface area contributed by atoms with Gasteiger partial charge in [-0.25, -0.2) is 9.59 Å². The van der Waals surface area contributed by atoms with Crippen molar-refractivity contribution in [1.82, 2.24) is 0 Å². The number of benzene rings is 2. The topological polar surface area (TPSA) is 63.6 Å². The van der Waals surface area contributed by atoms with Crippen molar-refractivity contribution in [2.45, 2.75) is 26.4 Å². The molecule has 0 saturated heterocycles. The predicted molar refractivity (Wildman–Crippen MR) is 76.1 cm³/mol. The van der Waals surface area contributed by atoms with Crippen molar-refractivity contribution in [1.29, 1.82) is 0 Å². The second kappa shape index (κ2) is 4.96. The van der Waals surface area contributed by atoms with E-state index in [9.17, 15) is 14.7 Å². The van der Waals surface area contributed by atoms with Gasteiger partial charge in [0.2, 0.25) is 0 Å². The zero-order valence-corrected chi connectivity index (χ0v) is 11.6. The van der Waals surface area contributed by atoms with Gasteiger partial charge in [-0.05, 0) is 37.6 Å². The molecule has 0 aliphatic heterocycles. The van der Waals surface area contributed by atoms with E-state index in [4.69, 9.17) is 4.74 Å². The molecule has 0 bridgehead atoms. The minimum atomic E-state index is -1.14. The van der Waals surface area contributed by atoms with E-state index in [1.807, 2.05) is 12.1 Å². The highest BCUT2D eigenvalue weighted by Gasteiger charge is 2.24. The summed E-state index contributed by atoms with van der Waals surface area (Å²) < 4.78 is 5.32. The van der Waals surface area contributed by atoms with Crippen LogP contribution in [0.15, 0.2) is 36.4 Å². The van der Waals surface area contributed by atoms with E-state index in [0.29, 0.717) is 5.39 Å². The Labute approximate surface area is 117 Å². The molecule has 0 unspecified atom stereocenters. The molecule has 0 atom stereocenters. The number of carboxylic acid groups (broad SMARTS) is 1. The van der Waals surface area contributed by atoms with Crippen LogP contribution >= 0.6 is 0 Å². The van der Waals surface area contributed by atoms with Crippen LogP contribution in [0, 0.1) is 0 Å². The SMILES string of the molecule is CC(C)(C)OC(=O)c1c(C(=O)O)ccc2ccccc12. The number of ether oxygens (including phenoxy) is 1. The lowest BCUT2D eigenvalue weighted by molar-refractivity contribution is 0.00682. The summed E-state index contributed by atoms with van der Waals surface area (Å²) in [5.41, 5.74) is -0.618. The average Bonchev–Trinajstić information content (AvgIpc) is 2.35. The summed E-state index contributed by atoms with van der Waals surface area (Å²) in [4.78, 5) is 23.6. The van der Waals surface area contributed by atoms with Gasteiger partial charge in [0, 0.05) is 0 Å². The van der Waals surface area contributed by atoms with Crippen LogP contribution in [-0.2, 0) is 4.74 Å². The molecular formula is C16H16O4. The first kappa shape index (κ1) is 14.1. The second-order valence-corrected chi connectivity index (χ2v) is 5.52. The third-order valence-electron chi connectivity index (χ3n) is 2.76. The third-order valence-corrected chi connectivity index (χ3v) is 2.76. The molecule has 2 aromatic carbocycles. The molecule has 1 N–H and O–H groups in total. The zero-order valence-electron chi connectivity index (χ0n) is 11.6. The number of aromatic carboxylic acids is 1. The molecule has 20 heavy (non-hydrogen) atoms. The van der Waals surface area contributed by atoms with Crippen molar-refractivity contribution < 1.29 is 19.4 Å². The first-order valence-corrected chi connectivity index (χ1v) is 6.28. The van der Waals surface area contributed by atoms with Crippen molar-refractivity contribution in [3.05, 3.63) is 47.5 Å². The predicted octanol–water partition coefficient (Wildman–Crippen LogP) is 3.49. The van der Waals surface area contributed by atoms with Gasteiger partial charge < -0.3 is 9.84 Å². The molecule has 0 aliphatic rings. The highest BCUT2D eigenvalue weighted by Crippen LogP contribution is 2.25. The van der Waals surface area contributed by atoms with E-state index in [0.717, 1.165) is 5.39 Å². The van der Waals surface area contributed by atoms with E-state index < -0.39 is 17.5 Å². The van der Waals surface area contributed by atoms with Crippen molar-refractivity contribution in [3.8, 4) is 0 Å². The number of rotatable bonds is 2. The zero-order chi connectivity index (χ0) is 14.9. The van der Waals surface area contributed by atoms with Gasteiger partial charge in [-0.2, -0.15) is 0 Å². The van der Waals surface area contributed by atoms with Gasteiger partial charge in [0.15, 0.2) is 0 Å². The fraction of sp³-hybridized carbons (Fsp3) is 0.250. The molecule has 2 rings (SSSR count). The van der Waals surface area contributed by atoms with Crippen LogP contribution in [0.4, 0.5) is 0 Å². The Balaban J connectivity index is 2.67. The molecule has 104 valence electrons. The monoisotopic (exact) mass is 272 g/mol. The smallest absolute Gasteiger partial charge is 0.340 e. The van der Waals surface area contributed by atoms with Crippen molar-refractivity contribution in [3.63, 3.8) is 0 Å². The van der Waals surface area contributed by atoms with Gasteiger partial charge >= 0.3 is 11.9 Å². The van der Waals surface area contributed by atoms with Crippen LogP contribution in [0.25, 0.3) is 10.8 Å². The lowest BCUT2D eigenvalue weighted by atomic mass is 9.98. The summed E-state index contributed by atoms with van der Waals surface area (Å²) in [7, 11) is 0. The molecule has 0 spiro atoms. The van der Waals surface area contributed by atoms with Gasteiger partial charge in [0.05, 0.1) is 11.1 Å². The molecular weight excluding hydrogens is 256 g/mol. The maximum Gasteiger partial charge on any atom is 0.340 e. The van der Waals surface area contributed by atoms with E-state index in [1.54, 1.807) is 39.0 Å². The molecule has 0 fully saturated rings. The molecule has 0 aromatic heterocycles. The van der Waals surface area contributed by atoms with Crippen LogP contribution in [-0.4, -0.2) is 22.6 Å². The molecule has 0 saturated carbocycles. The number of carboxylic acids is 1. The Bertz CT molecular complexity index is 680. The largest absolute Gasteiger partial charge is 0.478 e. The minimum Gasteiger partial charge on any atom is -0.478 e. The van der Waals surface area contributed by atoms with Gasteiger partial charge in [-0.1, -0.05) is 30.3 Å². The Morgan fingerprint density at radius 2 is 1.70 bits per heavy atom. The summed E-state index contributed by atoms with van der Waals surface area (Å²) in [6.07, 6.45) is 0. The standard InChI is InChI=1S/C16H16O4/c1-16(2,3)20-15(19)13-11-7-5-4-6-10(11)8-9-12(13)14(17)18/h4-9H,1-3H3,(H,17,18). The number of hydrogen-bond acceptors (Lipinski definition) is 3. The Morgan fingerprint density at radius 1 is 1.05 bits per heavy atom. The van der Waals surface area contributed by atoms with E-state index >= 15 is 0 Å². The maximum absolute atomic E-state index is 12.3. The Morgan fingerprint density at radius 3 is 2.30 bits per heavy atom. The summed E-state index contributed by atoms with van der Waals surface area (Å²) in [6.45, 7) is 5.24. The normalized spacial score (nSPS) is 11.3. The third kappa shape index (κ3) is 2.79. The highest BCUT2D eigenvalue weighted by molar-refractivity contribution is 6.12. The van der Waals surface area contributed by atoms with Crippen LogP contribution in [0.1, 0.15) is 41.5 Å². The number of esters is 1. The summed E-state index contributed by atoms with van der Waals surface area (Å²) >= 11 is 0. The molecule has 0 heterocycles. The average molecular weight is 272 g/mol. The maximum atomic E-state index is 12.3. The molecule has 0 radical (unpaired) electrons. The fourth-order valence-corrected chi connectivity index (χ4v) is 2.00. The van der Waals surface area contributed by atoms with Crippen LogP contribution in [0.2, 0.25) is 0 Å². The van der Waals surface area contributed by atoms with E-state index in [2.05, 4.69) is 0 Å². The number of fused-ring (bicyclic) bond motifs is 1. The van der Waals surface area contributed by atoms with Gasteiger partial charge in [0.25, 0.3) is 0 Å². The first-order chi connectivity index (χ1) is 9.29. The van der Waals surface area contributed by atoms with Crippen molar-refractivity contribution >= 4 is 22.7 Å². The summed E-state index contributed by atoms with van der Waals surface area (Å²) in [5.74, 6) is -1.76. The summed E-state index contributed by atoms with van der Waals surface area (Å²) in [5, 5.41) is 10.7. The van der Waals surface area contributed by atoms with Gasteiger partial charge in [0.1, 0.15) is 5.60 Å². The Kier molecular flexibility index (Phi) is 3.49. The second-order valence-electron chi connectivity index (χ2n) is 5.52. The molecule has 4 nitrogen and oxygen atoms in total. The molecule has 0 amide bonds.